The molecule has 0 aliphatic carbocycles. The Balaban J connectivity index is 1.81. The number of ether oxygens (including phenoxy) is 3. The van der Waals surface area contributed by atoms with E-state index in [9.17, 15) is 0 Å². The summed E-state index contributed by atoms with van der Waals surface area (Å²) in [5.41, 5.74) is 0. The number of nitrogens with one attached hydrogen (secondary N) is 1. The van der Waals surface area contributed by atoms with E-state index >= 15 is 0 Å². The van der Waals surface area contributed by atoms with Crippen LogP contribution in [0.25, 0.3) is 0 Å². The van der Waals surface area contributed by atoms with E-state index in [0.717, 1.165) is 5.13 Å². The largest absolute Gasteiger partial charge is 0.487 e. The van der Waals surface area contributed by atoms with E-state index < -0.39 is 0 Å². The molecule has 1 unspecified atom stereocenters. The maximum absolute atomic E-state index is 5.84. The second-order valence-electron chi connectivity index (χ2n) is 5.11. The molecule has 0 aliphatic heterocycles. The molecule has 0 fully saturated rings. The third-order valence-electron chi connectivity index (χ3n) is 3.22. The molecule has 130 valence electrons. The lowest BCUT2D eigenvalue weighted by atomic mass is 10.3. The summed E-state index contributed by atoms with van der Waals surface area (Å²) in [4.78, 5) is 12.7. The minimum Gasteiger partial charge on any atom is -0.487 e. The Labute approximate surface area is 149 Å². The lowest BCUT2D eigenvalue weighted by molar-refractivity contribution is 0.0717. The third-order valence-corrected chi connectivity index (χ3v) is 3.91. The number of hydrogen-bond acceptors (Lipinski definition) is 8. The van der Waals surface area contributed by atoms with E-state index in [1.54, 1.807) is 37.8 Å². The highest BCUT2D eigenvalue weighted by atomic mass is 32.1. The number of anilines is 2. The quantitative estimate of drug-likeness (QED) is 0.654. The fourth-order valence-electron chi connectivity index (χ4n) is 1.88. The molecule has 3 aromatic heterocycles. The first-order chi connectivity index (χ1) is 12.2. The van der Waals surface area contributed by atoms with Crippen LogP contribution < -0.4 is 14.8 Å². The van der Waals surface area contributed by atoms with Crippen molar-refractivity contribution in [2.75, 3.05) is 19.0 Å². The second-order valence-corrected chi connectivity index (χ2v) is 6.00. The van der Waals surface area contributed by atoms with Crippen molar-refractivity contribution in [2.24, 2.45) is 0 Å². The lowest BCUT2D eigenvalue weighted by Crippen LogP contribution is -2.16. The zero-order chi connectivity index (χ0) is 17.5. The average Bonchev–Trinajstić information content (AvgIpc) is 3.15. The number of methoxy groups -OCH3 is 1. The predicted molar refractivity (Wildman–Crippen MR) is 95.9 cm³/mol. The minimum atomic E-state index is -0.0481. The number of hydrogen-bond donors (Lipinski definition) is 1. The van der Waals surface area contributed by atoms with Crippen molar-refractivity contribution in [3.8, 4) is 17.4 Å². The highest BCUT2D eigenvalue weighted by molar-refractivity contribution is 7.13. The Morgan fingerprint density at radius 1 is 1.20 bits per heavy atom. The zero-order valence-corrected chi connectivity index (χ0v) is 14.7. The topological polar surface area (TPSA) is 78.4 Å². The summed E-state index contributed by atoms with van der Waals surface area (Å²) >= 11 is 1.48. The molecule has 0 amide bonds. The van der Waals surface area contributed by atoms with Gasteiger partial charge in [-0.3, -0.25) is 0 Å². The number of pyridine rings is 2. The van der Waals surface area contributed by atoms with Crippen molar-refractivity contribution in [2.45, 2.75) is 13.0 Å². The third kappa shape index (κ3) is 4.88. The molecule has 3 rings (SSSR count). The van der Waals surface area contributed by atoms with Gasteiger partial charge >= 0.3 is 0 Å². The van der Waals surface area contributed by atoms with E-state index in [-0.39, 0.29) is 6.10 Å². The van der Waals surface area contributed by atoms with Crippen LogP contribution in [0.3, 0.4) is 0 Å². The first-order valence-corrected chi connectivity index (χ1v) is 8.53. The van der Waals surface area contributed by atoms with Gasteiger partial charge in [-0.2, -0.15) is 0 Å². The van der Waals surface area contributed by atoms with Crippen molar-refractivity contribution >= 4 is 22.3 Å². The van der Waals surface area contributed by atoms with Crippen LogP contribution >= 0.6 is 11.3 Å². The van der Waals surface area contributed by atoms with E-state index in [4.69, 9.17) is 14.2 Å². The standard InChI is InChI=1S/C17H18N4O3S/c1-12(22-2)11-23-14-9-13(24-15-5-3-4-6-18-15)10-20-16(14)21-17-19-7-8-25-17/h3-10,12H,11H2,1-2H3,(H,19,20,21). The van der Waals surface area contributed by atoms with Crippen LogP contribution in [-0.4, -0.2) is 34.8 Å². The molecule has 25 heavy (non-hydrogen) atoms. The van der Waals surface area contributed by atoms with Crippen LogP contribution in [0.4, 0.5) is 10.9 Å². The number of thiazole rings is 1. The second kappa shape index (κ2) is 8.41. The molecular weight excluding hydrogens is 340 g/mol. The lowest BCUT2D eigenvalue weighted by Gasteiger charge is -2.15. The van der Waals surface area contributed by atoms with Gasteiger partial charge in [-0.25, -0.2) is 15.0 Å². The van der Waals surface area contributed by atoms with Gasteiger partial charge in [0.1, 0.15) is 6.61 Å². The van der Waals surface area contributed by atoms with E-state index in [1.807, 2.05) is 24.4 Å². The first kappa shape index (κ1) is 17.1. The fourth-order valence-corrected chi connectivity index (χ4v) is 2.40. The normalized spacial score (nSPS) is 11.8. The van der Waals surface area contributed by atoms with Gasteiger partial charge in [-0.1, -0.05) is 6.07 Å². The maximum atomic E-state index is 5.84. The van der Waals surface area contributed by atoms with Crippen LogP contribution in [0.5, 0.6) is 17.4 Å². The van der Waals surface area contributed by atoms with Crippen molar-refractivity contribution in [3.63, 3.8) is 0 Å². The van der Waals surface area contributed by atoms with E-state index in [1.165, 1.54) is 11.3 Å². The number of rotatable bonds is 8. The van der Waals surface area contributed by atoms with Gasteiger partial charge in [0, 0.05) is 37.0 Å². The van der Waals surface area contributed by atoms with Gasteiger partial charge < -0.3 is 19.5 Å². The summed E-state index contributed by atoms with van der Waals surface area (Å²) in [6.45, 7) is 2.31. The van der Waals surface area contributed by atoms with Crippen LogP contribution in [0.1, 0.15) is 6.92 Å². The molecular formula is C17H18N4O3S. The molecule has 7 nitrogen and oxygen atoms in total. The van der Waals surface area contributed by atoms with E-state index in [0.29, 0.717) is 29.8 Å². The summed E-state index contributed by atoms with van der Waals surface area (Å²) in [5.74, 6) is 2.13. The first-order valence-electron chi connectivity index (χ1n) is 7.65. The van der Waals surface area contributed by atoms with Crippen molar-refractivity contribution in [1.29, 1.82) is 0 Å². The van der Waals surface area contributed by atoms with Crippen molar-refractivity contribution in [1.82, 2.24) is 15.0 Å². The molecule has 3 aromatic rings. The van der Waals surface area contributed by atoms with Crippen LogP contribution in [0.2, 0.25) is 0 Å². The molecule has 0 bridgehead atoms. The summed E-state index contributed by atoms with van der Waals surface area (Å²) in [6.07, 6.45) is 4.95. The Hall–Kier alpha value is -2.71. The molecule has 1 N–H and O–H groups in total. The Bertz CT molecular complexity index is 784. The predicted octanol–water partition coefficient (Wildman–Crippen LogP) is 3.88. The van der Waals surface area contributed by atoms with Gasteiger partial charge in [-0.05, 0) is 13.0 Å². The highest BCUT2D eigenvalue weighted by Gasteiger charge is 2.12. The Kier molecular flexibility index (Phi) is 5.76. The van der Waals surface area contributed by atoms with Crippen LogP contribution in [0, 0.1) is 0 Å². The molecule has 0 aliphatic rings. The Morgan fingerprint density at radius 3 is 2.84 bits per heavy atom. The Morgan fingerprint density at radius 2 is 2.12 bits per heavy atom. The van der Waals surface area contributed by atoms with Crippen LogP contribution in [0.15, 0.2) is 48.2 Å². The zero-order valence-electron chi connectivity index (χ0n) is 13.9. The molecule has 0 spiro atoms. The van der Waals surface area contributed by atoms with Gasteiger partial charge in [0.05, 0.1) is 12.3 Å². The summed E-state index contributed by atoms with van der Waals surface area (Å²) in [6, 6.07) is 7.22. The van der Waals surface area contributed by atoms with Gasteiger partial charge in [0.25, 0.3) is 0 Å². The van der Waals surface area contributed by atoms with Crippen molar-refractivity contribution < 1.29 is 14.2 Å². The highest BCUT2D eigenvalue weighted by Crippen LogP contribution is 2.31. The molecule has 0 saturated heterocycles. The molecule has 0 radical (unpaired) electrons. The van der Waals surface area contributed by atoms with Gasteiger partial charge in [0.2, 0.25) is 5.88 Å². The SMILES string of the molecule is COC(C)COc1cc(Oc2ccccn2)cnc1Nc1nccs1. The molecule has 0 saturated carbocycles. The summed E-state index contributed by atoms with van der Waals surface area (Å²) < 4.78 is 16.8. The summed E-state index contributed by atoms with van der Waals surface area (Å²) in [7, 11) is 1.64. The van der Waals surface area contributed by atoms with Crippen molar-refractivity contribution in [3.05, 3.63) is 48.2 Å². The smallest absolute Gasteiger partial charge is 0.219 e. The van der Waals surface area contributed by atoms with Crippen LogP contribution in [-0.2, 0) is 4.74 Å². The fraction of sp³-hybridized carbons (Fsp3) is 0.235. The number of aromatic nitrogens is 3. The molecule has 0 aromatic carbocycles. The monoisotopic (exact) mass is 358 g/mol. The van der Waals surface area contributed by atoms with Gasteiger partial charge in [-0.15, -0.1) is 11.3 Å². The minimum absolute atomic E-state index is 0.0481. The van der Waals surface area contributed by atoms with Gasteiger partial charge in [0.15, 0.2) is 22.4 Å². The number of nitrogens with zero attached hydrogens (tertiary/aromatic N) is 3. The molecule has 1 atom stereocenters. The molecule has 3 heterocycles. The van der Waals surface area contributed by atoms with E-state index in [2.05, 4.69) is 20.3 Å². The summed E-state index contributed by atoms with van der Waals surface area (Å²) in [5, 5.41) is 5.76. The molecule has 8 heteroatoms. The average molecular weight is 358 g/mol. The maximum Gasteiger partial charge on any atom is 0.219 e.